The number of hydrogen-bond donors (Lipinski definition) is 0. The van der Waals surface area contributed by atoms with Crippen LogP contribution in [0.5, 0.6) is 0 Å². The van der Waals surface area contributed by atoms with E-state index in [9.17, 15) is 31.1 Å². The summed E-state index contributed by atoms with van der Waals surface area (Å²) in [5, 5.41) is 0. The van der Waals surface area contributed by atoms with Crippen LogP contribution in [0, 0.1) is 0 Å². The Morgan fingerprint density at radius 2 is 1.50 bits per heavy atom. The van der Waals surface area contributed by atoms with E-state index in [0.717, 1.165) is 36.4 Å². The Bertz CT molecular complexity index is 1050. The number of carbonyl (C=O) groups is 1. The summed E-state index contributed by atoms with van der Waals surface area (Å²) in [4.78, 5) is 20.6. The lowest BCUT2D eigenvalue weighted by Gasteiger charge is -2.21. The molecule has 168 valence electrons. The van der Waals surface area contributed by atoms with E-state index in [0.29, 0.717) is 12.1 Å². The van der Waals surface area contributed by atoms with Crippen molar-refractivity contribution in [1.82, 2.24) is 9.97 Å². The average molecular weight is 452 g/mol. The maximum Gasteiger partial charge on any atom is 0.418 e. The molecule has 2 heterocycles. The maximum atomic E-state index is 13.6. The normalized spacial score (nSPS) is 13.1. The van der Waals surface area contributed by atoms with Gasteiger partial charge in [-0.2, -0.15) is 26.3 Å². The van der Waals surface area contributed by atoms with Crippen LogP contribution in [0.4, 0.5) is 26.3 Å². The van der Waals surface area contributed by atoms with Crippen LogP contribution in [0.3, 0.4) is 0 Å². The van der Waals surface area contributed by atoms with E-state index in [1.165, 1.54) is 6.20 Å². The molecule has 0 bridgehead atoms. The van der Waals surface area contributed by atoms with Crippen molar-refractivity contribution < 1.29 is 31.1 Å². The van der Waals surface area contributed by atoms with Crippen LogP contribution in [0.2, 0.25) is 0 Å². The number of ketones is 1. The average Bonchev–Trinajstić information content (AvgIpc) is 2.76. The molecule has 1 atom stereocenters. The fourth-order valence-electron chi connectivity index (χ4n) is 3.35. The molecule has 3 rings (SSSR count). The number of pyridine rings is 2. The Balaban J connectivity index is 1.92. The molecule has 0 saturated carbocycles. The van der Waals surface area contributed by atoms with Crippen LogP contribution in [-0.4, -0.2) is 15.8 Å². The second-order valence-corrected chi connectivity index (χ2v) is 7.17. The number of aromatic nitrogens is 2. The van der Waals surface area contributed by atoms with Gasteiger partial charge in [-0.1, -0.05) is 18.2 Å². The monoisotopic (exact) mass is 452 g/mol. The molecular weight excluding hydrogens is 434 g/mol. The molecule has 0 radical (unpaired) electrons. The molecule has 0 aliphatic carbocycles. The number of alkyl halides is 6. The van der Waals surface area contributed by atoms with Gasteiger partial charge in [0.2, 0.25) is 0 Å². The van der Waals surface area contributed by atoms with Gasteiger partial charge in [0, 0.05) is 36.8 Å². The van der Waals surface area contributed by atoms with Crippen molar-refractivity contribution in [3.05, 3.63) is 95.1 Å². The third-order valence-corrected chi connectivity index (χ3v) is 4.93. The first-order valence-corrected chi connectivity index (χ1v) is 9.66. The maximum absolute atomic E-state index is 13.6. The molecule has 0 N–H and O–H groups in total. The number of benzene rings is 1. The van der Waals surface area contributed by atoms with Gasteiger partial charge in [-0.25, -0.2) is 0 Å². The molecule has 0 spiro atoms. The molecule has 0 amide bonds. The molecule has 0 fully saturated rings. The van der Waals surface area contributed by atoms with Crippen LogP contribution >= 0.6 is 0 Å². The van der Waals surface area contributed by atoms with Crippen LogP contribution in [-0.2, 0) is 23.6 Å². The Morgan fingerprint density at radius 1 is 0.812 bits per heavy atom. The SMILES string of the molecule is O=C(CCc1ccccn1)C[C@@H](c1ccc(C(F)(F)F)cc1)c1ncccc1C(F)(F)F. The minimum absolute atomic E-state index is 0.0301. The third kappa shape index (κ3) is 5.93. The highest BCUT2D eigenvalue weighted by Gasteiger charge is 2.37. The van der Waals surface area contributed by atoms with Crippen LogP contribution in [0.25, 0.3) is 0 Å². The lowest BCUT2D eigenvalue weighted by atomic mass is 9.86. The van der Waals surface area contributed by atoms with Crippen molar-refractivity contribution in [3.8, 4) is 0 Å². The van der Waals surface area contributed by atoms with Gasteiger partial charge in [0.1, 0.15) is 5.78 Å². The first-order valence-electron chi connectivity index (χ1n) is 9.66. The smallest absolute Gasteiger partial charge is 0.300 e. The molecule has 2 aromatic heterocycles. The second-order valence-electron chi connectivity index (χ2n) is 7.17. The van der Waals surface area contributed by atoms with Crippen molar-refractivity contribution in [2.75, 3.05) is 0 Å². The summed E-state index contributed by atoms with van der Waals surface area (Å²) >= 11 is 0. The summed E-state index contributed by atoms with van der Waals surface area (Å²) in [5.74, 6) is -1.49. The van der Waals surface area contributed by atoms with Crippen molar-refractivity contribution in [2.45, 2.75) is 37.5 Å². The second kappa shape index (κ2) is 9.50. The fourth-order valence-corrected chi connectivity index (χ4v) is 3.35. The predicted octanol–water partition coefficient (Wildman–Crippen LogP) is 6.24. The summed E-state index contributed by atoms with van der Waals surface area (Å²) in [7, 11) is 0. The number of aryl methyl sites for hydroxylation is 1. The zero-order chi connectivity index (χ0) is 23.4. The molecule has 0 saturated heterocycles. The van der Waals surface area contributed by atoms with Gasteiger partial charge in [0.25, 0.3) is 0 Å². The molecule has 3 aromatic rings. The molecule has 3 nitrogen and oxygen atoms in total. The standard InChI is InChI=1S/C23H18F6N2O/c24-22(25,26)16-8-6-15(7-9-16)19(21-20(23(27,28)29)5-3-13-31-21)14-18(32)11-10-17-4-1-2-12-30-17/h1-9,12-13,19H,10-11,14H2/t19-/m0/s1. The quantitative estimate of drug-likeness (QED) is 0.399. The van der Waals surface area contributed by atoms with E-state index in [4.69, 9.17) is 0 Å². The zero-order valence-corrected chi connectivity index (χ0v) is 16.6. The minimum Gasteiger partial charge on any atom is -0.300 e. The number of nitrogens with zero attached hydrogens (tertiary/aromatic N) is 2. The lowest BCUT2D eigenvalue weighted by Crippen LogP contribution is -2.17. The Labute approximate surface area is 180 Å². The Hall–Kier alpha value is -3.23. The molecule has 9 heteroatoms. The van der Waals surface area contributed by atoms with Crippen LogP contribution in [0.1, 0.15) is 46.8 Å². The summed E-state index contributed by atoms with van der Waals surface area (Å²) in [5.41, 5.74) is -1.55. The van der Waals surface area contributed by atoms with E-state index in [1.807, 2.05) is 0 Å². The van der Waals surface area contributed by atoms with Crippen molar-refractivity contribution >= 4 is 5.78 Å². The van der Waals surface area contributed by atoms with Gasteiger partial charge in [0.05, 0.1) is 16.8 Å². The molecule has 0 unspecified atom stereocenters. The highest BCUT2D eigenvalue weighted by Crippen LogP contribution is 2.39. The van der Waals surface area contributed by atoms with E-state index in [2.05, 4.69) is 9.97 Å². The Kier molecular flexibility index (Phi) is 6.96. The molecular formula is C23H18F6N2O. The number of Topliss-reactive ketones (excluding diaryl/α,β-unsaturated/α-hetero) is 1. The number of halogens is 6. The first-order chi connectivity index (χ1) is 15.1. The number of rotatable bonds is 7. The number of hydrogen-bond acceptors (Lipinski definition) is 3. The van der Waals surface area contributed by atoms with Crippen molar-refractivity contribution in [3.63, 3.8) is 0 Å². The third-order valence-electron chi connectivity index (χ3n) is 4.93. The van der Waals surface area contributed by atoms with Gasteiger partial charge in [-0.3, -0.25) is 14.8 Å². The molecule has 1 aromatic carbocycles. The van der Waals surface area contributed by atoms with E-state index >= 15 is 0 Å². The zero-order valence-electron chi connectivity index (χ0n) is 16.6. The van der Waals surface area contributed by atoms with E-state index < -0.39 is 35.1 Å². The van der Waals surface area contributed by atoms with Crippen LogP contribution < -0.4 is 0 Å². The number of carbonyl (C=O) groups excluding carboxylic acids is 1. The predicted molar refractivity (Wildman–Crippen MR) is 105 cm³/mol. The van der Waals surface area contributed by atoms with E-state index in [-0.39, 0.29) is 24.2 Å². The van der Waals surface area contributed by atoms with Gasteiger partial charge in [0.15, 0.2) is 0 Å². The molecule has 0 aliphatic rings. The summed E-state index contributed by atoms with van der Waals surface area (Å²) in [6, 6.07) is 10.9. The Morgan fingerprint density at radius 3 is 2.09 bits per heavy atom. The largest absolute Gasteiger partial charge is 0.418 e. The van der Waals surface area contributed by atoms with Crippen molar-refractivity contribution in [2.24, 2.45) is 0 Å². The lowest BCUT2D eigenvalue weighted by molar-refractivity contribution is -0.139. The first kappa shape index (κ1) is 23.4. The van der Waals surface area contributed by atoms with Gasteiger partial charge >= 0.3 is 12.4 Å². The minimum atomic E-state index is -4.73. The summed E-state index contributed by atoms with van der Waals surface area (Å²) in [6.45, 7) is 0. The van der Waals surface area contributed by atoms with Gasteiger partial charge in [-0.05, 0) is 48.4 Å². The summed E-state index contributed by atoms with van der Waals surface area (Å²) in [6.07, 6.45) is -6.60. The fraction of sp³-hybridized carbons (Fsp3) is 0.261. The molecule has 0 aliphatic heterocycles. The van der Waals surface area contributed by atoms with Gasteiger partial charge in [-0.15, -0.1) is 0 Å². The van der Waals surface area contributed by atoms with Gasteiger partial charge < -0.3 is 0 Å². The van der Waals surface area contributed by atoms with E-state index in [1.54, 1.807) is 24.4 Å². The van der Waals surface area contributed by atoms with Crippen molar-refractivity contribution in [1.29, 1.82) is 0 Å². The topological polar surface area (TPSA) is 42.9 Å². The molecule has 32 heavy (non-hydrogen) atoms. The summed E-state index contributed by atoms with van der Waals surface area (Å²) < 4.78 is 79.5. The highest BCUT2D eigenvalue weighted by molar-refractivity contribution is 5.80. The highest BCUT2D eigenvalue weighted by atomic mass is 19.4. The van der Waals surface area contributed by atoms with Crippen LogP contribution in [0.15, 0.2) is 67.0 Å².